The van der Waals surface area contributed by atoms with Gasteiger partial charge in [0.25, 0.3) is 5.91 Å². The standard InChI is InChI=1S/C9H16N4OS.ClH/c1-9(2,5-10)6-13(3)8(14)7-4-11-15-12-7;/h4H,5-6,10H2,1-3H3;1H. The van der Waals surface area contributed by atoms with Crippen LogP contribution in [0.15, 0.2) is 6.20 Å². The lowest BCUT2D eigenvalue weighted by atomic mass is 9.93. The van der Waals surface area contributed by atoms with E-state index >= 15 is 0 Å². The van der Waals surface area contributed by atoms with Crippen LogP contribution in [0.1, 0.15) is 24.3 Å². The molecular weight excluding hydrogens is 248 g/mol. The maximum Gasteiger partial charge on any atom is 0.274 e. The number of aromatic nitrogens is 2. The van der Waals surface area contributed by atoms with Crippen molar-refractivity contribution in [3.63, 3.8) is 0 Å². The van der Waals surface area contributed by atoms with Crippen molar-refractivity contribution >= 4 is 30.0 Å². The van der Waals surface area contributed by atoms with Crippen molar-refractivity contribution in [2.75, 3.05) is 20.1 Å². The molecule has 0 aliphatic heterocycles. The van der Waals surface area contributed by atoms with Crippen molar-refractivity contribution in [1.29, 1.82) is 0 Å². The quantitative estimate of drug-likeness (QED) is 0.881. The van der Waals surface area contributed by atoms with Gasteiger partial charge in [-0.2, -0.15) is 8.75 Å². The van der Waals surface area contributed by atoms with E-state index in [9.17, 15) is 4.79 Å². The minimum Gasteiger partial charge on any atom is -0.340 e. The number of carbonyl (C=O) groups excluding carboxylic acids is 1. The van der Waals surface area contributed by atoms with Gasteiger partial charge in [0.2, 0.25) is 0 Å². The minimum absolute atomic E-state index is 0. The van der Waals surface area contributed by atoms with Crippen LogP contribution in [0.3, 0.4) is 0 Å². The maximum absolute atomic E-state index is 11.8. The summed E-state index contributed by atoms with van der Waals surface area (Å²) in [6.07, 6.45) is 1.49. The molecular formula is C9H17ClN4OS. The van der Waals surface area contributed by atoms with Gasteiger partial charge in [0.05, 0.1) is 17.9 Å². The molecule has 0 saturated heterocycles. The summed E-state index contributed by atoms with van der Waals surface area (Å²) in [5.41, 5.74) is 5.93. The number of nitrogens with two attached hydrogens (primary N) is 1. The highest BCUT2D eigenvalue weighted by atomic mass is 35.5. The summed E-state index contributed by atoms with van der Waals surface area (Å²) in [6.45, 7) is 5.20. The number of amides is 1. The van der Waals surface area contributed by atoms with Crippen LogP contribution in [0.5, 0.6) is 0 Å². The third-order valence-corrected chi connectivity index (χ3v) is 2.62. The van der Waals surface area contributed by atoms with E-state index in [4.69, 9.17) is 5.73 Å². The molecule has 0 saturated carbocycles. The van der Waals surface area contributed by atoms with Crippen LogP contribution in [0.2, 0.25) is 0 Å². The van der Waals surface area contributed by atoms with E-state index < -0.39 is 0 Å². The van der Waals surface area contributed by atoms with Gasteiger partial charge in [0, 0.05) is 13.6 Å². The topological polar surface area (TPSA) is 72.1 Å². The molecule has 0 atom stereocenters. The molecule has 0 fully saturated rings. The van der Waals surface area contributed by atoms with Crippen molar-refractivity contribution in [2.45, 2.75) is 13.8 Å². The number of hydrogen-bond acceptors (Lipinski definition) is 5. The second kappa shape index (κ2) is 6.12. The Morgan fingerprint density at radius 1 is 1.62 bits per heavy atom. The molecule has 5 nitrogen and oxygen atoms in total. The molecule has 0 aliphatic rings. The normalized spacial score (nSPS) is 10.8. The largest absolute Gasteiger partial charge is 0.340 e. The fourth-order valence-corrected chi connectivity index (χ4v) is 1.64. The van der Waals surface area contributed by atoms with Gasteiger partial charge in [-0.1, -0.05) is 13.8 Å². The molecule has 0 radical (unpaired) electrons. The summed E-state index contributed by atoms with van der Waals surface area (Å²) in [6, 6.07) is 0. The Morgan fingerprint density at radius 3 is 2.69 bits per heavy atom. The Kier molecular flexibility index (Phi) is 5.85. The highest BCUT2D eigenvalue weighted by Crippen LogP contribution is 2.15. The van der Waals surface area contributed by atoms with Gasteiger partial charge >= 0.3 is 0 Å². The lowest BCUT2D eigenvalue weighted by Crippen LogP contribution is -2.39. The monoisotopic (exact) mass is 264 g/mol. The van der Waals surface area contributed by atoms with Crippen LogP contribution >= 0.6 is 24.1 Å². The average Bonchev–Trinajstić information content (AvgIpc) is 2.68. The predicted octanol–water partition coefficient (Wildman–Crippen LogP) is 1.02. The summed E-state index contributed by atoms with van der Waals surface area (Å²) < 4.78 is 7.70. The number of hydrogen-bond donors (Lipinski definition) is 1. The van der Waals surface area contributed by atoms with E-state index in [-0.39, 0.29) is 23.7 Å². The Morgan fingerprint density at radius 2 is 2.25 bits per heavy atom. The van der Waals surface area contributed by atoms with Gasteiger partial charge < -0.3 is 10.6 Å². The van der Waals surface area contributed by atoms with Gasteiger partial charge in [-0.25, -0.2) is 0 Å². The predicted molar refractivity (Wildman–Crippen MR) is 67.0 cm³/mol. The molecule has 0 aliphatic carbocycles. The maximum atomic E-state index is 11.8. The molecule has 1 amide bonds. The van der Waals surface area contributed by atoms with Crippen LogP contribution < -0.4 is 5.73 Å². The Labute approximate surface area is 106 Å². The zero-order chi connectivity index (χ0) is 11.5. The van der Waals surface area contributed by atoms with E-state index in [2.05, 4.69) is 8.75 Å². The van der Waals surface area contributed by atoms with Crippen LogP contribution in [0.4, 0.5) is 0 Å². The fourth-order valence-electron chi connectivity index (χ4n) is 1.23. The molecule has 1 aromatic heterocycles. The molecule has 2 N–H and O–H groups in total. The highest BCUT2D eigenvalue weighted by molar-refractivity contribution is 6.99. The van der Waals surface area contributed by atoms with E-state index in [1.165, 1.54) is 6.20 Å². The Bertz CT molecular complexity index is 328. The molecule has 7 heteroatoms. The minimum atomic E-state index is -0.106. The second-order valence-electron chi connectivity index (χ2n) is 4.32. The van der Waals surface area contributed by atoms with E-state index in [1.54, 1.807) is 11.9 Å². The van der Waals surface area contributed by atoms with Crippen molar-refractivity contribution in [2.24, 2.45) is 11.1 Å². The first-order valence-electron chi connectivity index (χ1n) is 4.69. The Hall–Kier alpha value is -0.720. The van der Waals surface area contributed by atoms with Crippen LogP contribution in [-0.4, -0.2) is 39.7 Å². The van der Waals surface area contributed by atoms with Gasteiger partial charge in [-0.05, 0) is 12.0 Å². The molecule has 0 aromatic carbocycles. The van der Waals surface area contributed by atoms with E-state index in [1.807, 2.05) is 13.8 Å². The van der Waals surface area contributed by atoms with E-state index in [0.29, 0.717) is 18.8 Å². The zero-order valence-electron chi connectivity index (χ0n) is 9.64. The number of halogens is 1. The summed E-state index contributed by atoms with van der Waals surface area (Å²) in [4.78, 5) is 13.4. The molecule has 0 unspecified atom stereocenters. The van der Waals surface area contributed by atoms with E-state index in [0.717, 1.165) is 11.7 Å². The molecule has 0 bridgehead atoms. The van der Waals surface area contributed by atoms with Gasteiger partial charge in [0.1, 0.15) is 0 Å². The summed E-state index contributed by atoms with van der Waals surface area (Å²) >= 11 is 1.04. The van der Waals surface area contributed by atoms with Crippen molar-refractivity contribution < 1.29 is 4.79 Å². The average molecular weight is 265 g/mol. The zero-order valence-corrected chi connectivity index (χ0v) is 11.3. The number of nitrogens with zero attached hydrogens (tertiary/aromatic N) is 3. The van der Waals surface area contributed by atoms with Crippen molar-refractivity contribution in [3.05, 3.63) is 11.9 Å². The first-order valence-corrected chi connectivity index (χ1v) is 5.42. The van der Waals surface area contributed by atoms with Gasteiger partial charge in [0.15, 0.2) is 5.69 Å². The molecule has 1 aromatic rings. The second-order valence-corrected chi connectivity index (χ2v) is 4.88. The smallest absolute Gasteiger partial charge is 0.274 e. The Balaban J connectivity index is 0.00000225. The summed E-state index contributed by atoms with van der Waals surface area (Å²) in [5, 5.41) is 0. The van der Waals surface area contributed by atoms with Gasteiger partial charge in [-0.15, -0.1) is 12.4 Å². The first kappa shape index (κ1) is 15.3. The lowest BCUT2D eigenvalue weighted by molar-refractivity contribution is 0.0736. The SMILES string of the molecule is CN(CC(C)(C)CN)C(=O)c1cnsn1.Cl. The molecule has 0 spiro atoms. The van der Waals surface area contributed by atoms with Gasteiger partial charge in [-0.3, -0.25) is 4.79 Å². The number of carbonyl (C=O) groups is 1. The van der Waals surface area contributed by atoms with Crippen molar-refractivity contribution in [3.8, 4) is 0 Å². The van der Waals surface area contributed by atoms with Crippen molar-refractivity contribution in [1.82, 2.24) is 13.6 Å². The third-order valence-electron chi connectivity index (χ3n) is 2.14. The van der Waals surface area contributed by atoms with Crippen LogP contribution in [-0.2, 0) is 0 Å². The summed E-state index contributed by atoms with van der Waals surface area (Å²) in [7, 11) is 1.75. The summed E-state index contributed by atoms with van der Waals surface area (Å²) in [5.74, 6) is -0.106. The number of rotatable bonds is 4. The van der Waals surface area contributed by atoms with Crippen LogP contribution in [0.25, 0.3) is 0 Å². The van der Waals surface area contributed by atoms with Crippen LogP contribution in [0, 0.1) is 5.41 Å². The third kappa shape index (κ3) is 4.03. The lowest BCUT2D eigenvalue weighted by Gasteiger charge is -2.28. The fraction of sp³-hybridized carbons (Fsp3) is 0.667. The molecule has 1 rings (SSSR count). The molecule has 16 heavy (non-hydrogen) atoms. The molecule has 92 valence electrons. The highest BCUT2D eigenvalue weighted by Gasteiger charge is 2.22. The first-order chi connectivity index (χ1) is 6.96. The molecule has 1 heterocycles.